The van der Waals surface area contributed by atoms with Gasteiger partial charge in [0.1, 0.15) is 5.82 Å². The second-order valence-electron chi connectivity index (χ2n) is 7.94. The molecular formula is C20H28ClFN2O. The number of nitrogens with zero attached hydrogens (tertiary/aromatic N) is 1. The Morgan fingerprint density at radius 3 is 2.52 bits per heavy atom. The van der Waals surface area contributed by atoms with Crippen LogP contribution in [0.15, 0.2) is 24.3 Å². The van der Waals surface area contributed by atoms with Crippen LogP contribution < -0.4 is 5.73 Å². The Balaban J connectivity index is 0.00000182. The number of nitrogens with two attached hydrogens (primary N) is 1. The number of halogens is 2. The molecule has 0 radical (unpaired) electrons. The van der Waals surface area contributed by atoms with E-state index in [2.05, 4.69) is 0 Å². The predicted octanol–water partition coefficient (Wildman–Crippen LogP) is 4.06. The summed E-state index contributed by atoms with van der Waals surface area (Å²) in [6.07, 6.45) is 7.45. The van der Waals surface area contributed by atoms with E-state index in [9.17, 15) is 9.18 Å². The van der Waals surface area contributed by atoms with Crippen molar-refractivity contribution in [2.45, 2.75) is 57.0 Å². The number of rotatable bonds is 2. The van der Waals surface area contributed by atoms with E-state index in [1.54, 1.807) is 12.1 Å². The minimum Gasteiger partial charge on any atom is -0.335 e. The molecule has 25 heavy (non-hydrogen) atoms. The summed E-state index contributed by atoms with van der Waals surface area (Å²) in [5.41, 5.74) is 7.31. The lowest BCUT2D eigenvalue weighted by molar-refractivity contribution is -0.139. The summed E-state index contributed by atoms with van der Waals surface area (Å²) in [7, 11) is 0. The molecule has 0 aromatic heterocycles. The van der Waals surface area contributed by atoms with E-state index in [-0.39, 0.29) is 36.1 Å². The lowest BCUT2D eigenvalue weighted by Gasteiger charge is -2.44. The number of carbonyl (C=O) groups is 1. The average molecular weight is 367 g/mol. The zero-order chi connectivity index (χ0) is 16.7. The van der Waals surface area contributed by atoms with Crippen LogP contribution in [-0.4, -0.2) is 23.4 Å². The fourth-order valence-electron chi connectivity index (χ4n) is 5.32. The molecule has 1 heterocycles. The Kier molecular flexibility index (Phi) is 5.69. The zero-order valence-corrected chi connectivity index (χ0v) is 15.4. The van der Waals surface area contributed by atoms with Crippen molar-refractivity contribution in [2.24, 2.45) is 23.5 Å². The monoisotopic (exact) mass is 366 g/mol. The number of likely N-dealkylation sites (tertiary alicyclic amines) is 1. The lowest BCUT2D eigenvalue weighted by atomic mass is 9.65. The van der Waals surface area contributed by atoms with E-state index < -0.39 is 0 Å². The van der Waals surface area contributed by atoms with Gasteiger partial charge in [-0.1, -0.05) is 18.6 Å². The van der Waals surface area contributed by atoms with E-state index in [1.807, 2.05) is 11.0 Å². The van der Waals surface area contributed by atoms with Crippen LogP contribution >= 0.6 is 12.4 Å². The molecule has 3 atom stereocenters. The maximum Gasteiger partial charge on any atom is 0.226 e. The molecule has 3 unspecified atom stereocenters. The van der Waals surface area contributed by atoms with Gasteiger partial charge in [0.2, 0.25) is 5.91 Å². The van der Waals surface area contributed by atoms with Crippen LogP contribution in [0.4, 0.5) is 4.39 Å². The normalized spacial score (nSPS) is 34.5. The summed E-state index contributed by atoms with van der Waals surface area (Å²) in [4.78, 5) is 15.2. The lowest BCUT2D eigenvalue weighted by Crippen LogP contribution is -2.49. The molecule has 2 bridgehead atoms. The zero-order valence-electron chi connectivity index (χ0n) is 14.6. The molecule has 2 saturated carbocycles. The van der Waals surface area contributed by atoms with Gasteiger partial charge in [0, 0.05) is 18.5 Å². The van der Waals surface area contributed by atoms with Crippen molar-refractivity contribution in [1.29, 1.82) is 0 Å². The van der Waals surface area contributed by atoms with E-state index in [4.69, 9.17) is 5.73 Å². The summed E-state index contributed by atoms with van der Waals surface area (Å²) in [5, 5.41) is 0. The van der Waals surface area contributed by atoms with Crippen LogP contribution in [0.3, 0.4) is 0 Å². The quantitative estimate of drug-likeness (QED) is 0.857. The first-order valence-electron chi connectivity index (χ1n) is 9.45. The van der Waals surface area contributed by atoms with Crippen molar-refractivity contribution in [2.75, 3.05) is 6.54 Å². The summed E-state index contributed by atoms with van der Waals surface area (Å²) in [5.74, 6) is 1.22. The fraction of sp³-hybridized carbons (Fsp3) is 0.650. The third-order valence-corrected chi connectivity index (χ3v) is 6.53. The highest BCUT2D eigenvalue weighted by Crippen LogP contribution is 2.44. The first kappa shape index (κ1) is 18.7. The van der Waals surface area contributed by atoms with Crippen molar-refractivity contribution in [3.63, 3.8) is 0 Å². The van der Waals surface area contributed by atoms with Crippen molar-refractivity contribution in [3.05, 3.63) is 35.6 Å². The van der Waals surface area contributed by atoms with Gasteiger partial charge in [-0.2, -0.15) is 0 Å². The van der Waals surface area contributed by atoms with Crippen molar-refractivity contribution >= 4 is 18.3 Å². The summed E-state index contributed by atoms with van der Waals surface area (Å²) in [6.45, 7) is 0.803. The van der Waals surface area contributed by atoms with Gasteiger partial charge in [0.05, 0.1) is 6.04 Å². The Morgan fingerprint density at radius 2 is 1.84 bits per heavy atom. The number of hydrogen-bond acceptors (Lipinski definition) is 2. The summed E-state index contributed by atoms with van der Waals surface area (Å²) < 4.78 is 13.6. The van der Waals surface area contributed by atoms with Crippen LogP contribution in [0.25, 0.3) is 0 Å². The molecule has 5 heteroatoms. The van der Waals surface area contributed by atoms with Crippen LogP contribution in [0.1, 0.15) is 56.6 Å². The molecular weight excluding hydrogens is 339 g/mol. The average Bonchev–Trinajstić information content (AvgIpc) is 3.03. The molecule has 1 aromatic rings. The Morgan fingerprint density at radius 1 is 1.12 bits per heavy atom. The number of amides is 1. The third-order valence-electron chi connectivity index (χ3n) is 6.53. The van der Waals surface area contributed by atoms with Crippen molar-refractivity contribution < 1.29 is 9.18 Å². The van der Waals surface area contributed by atoms with Gasteiger partial charge in [-0.3, -0.25) is 4.79 Å². The Hall–Kier alpha value is -1.13. The van der Waals surface area contributed by atoms with E-state index in [0.717, 1.165) is 37.8 Å². The first-order chi connectivity index (χ1) is 11.6. The number of fused-ring (bicyclic) bond motifs is 2. The van der Waals surface area contributed by atoms with Crippen LogP contribution in [0.2, 0.25) is 0 Å². The summed E-state index contributed by atoms with van der Waals surface area (Å²) in [6, 6.07) is 7.08. The predicted molar refractivity (Wildman–Crippen MR) is 98.9 cm³/mol. The molecule has 0 spiro atoms. The van der Waals surface area contributed by atoms with E-state index in [1.165, 1.54) is 25.3 Å². The number of benzene rings is 1. The van der Waals surface area contributed by atoms with Crippen LogP contribution in [0.5, 0.6) is 0 Å². The molecule has 138 valence electrons. The number of hydrogen-bond donors (Lipinski definition) is 1. The van der Waals surface area contributed by atoms with Gasteiger partial charge in [-0.25, -0.2) is 4.39 Å². The minimum atomic E-state index is -0.218. The van der Waals surface area contributed by atoms with Crippen molar-refractivity contribution in [1.82, 2.24) is 4.90 Å². The molecule has 3 nitrogen and oxygen atoms in total. The standard InChI is InChI=1S/C20H27FN2O.ClH/c21-17-7-2-4-13(12-17)18-8-3-9-23(18)20(24)16-10-14-5-1-6-15(11-16)19(14)22;/h2,4,7,12,14-16,18-19H,1,3,5-6,8-11,22H2;1H. The Bertz CT molecular complexity index is 611. The van der Waals surface area contributed by atoms with E-state index >= 15 is 0 Å². The topological polar surface area (TPSA) is 46.3 Å². The van der Waals surface area contributed by atoms with Gasteiger partial charge < -0.3 is 10.6 Å². The molecule has 2 aliphatic carbocycles. The highest BCUT2D eigenvalue weighted by atomic mass is 35.5. The molecule has 1 amide bonds. The second-order valence-corrected chi connectivity index (χ2v) is 7.94. The summed E-state index contributed by atoms with van der Waals surface area (Å²) >= 11 is 0. The molecule has 3 aliphatic rings. The minimum absolute atomic E-state index is 0. The Labute approximate surface area is 155 Å². The fourth-order valence-corrected chi connectivity index (χ4v) is 5.32. The largest absolute Gasteiger partial charge is 0.335 e. The second kappa shape index (κ2) is 7.63. The first-order valence-corrected chi connectivity index (χ1v) is 9.45. The SMILES string of the molecule is Cl.NC1C2CCCC1CC(C(=O)N1CCCC1c1cccc(F)c1)C2. The molecule has 3 fully saturated rings. The smallest absolute Gasteiger partial charge is 0.226 e. The maximum atomic E-state index is 13.6. The highest BCUT2D eigenvalue weighted by Gasteiger charge is 2.43. The number of carbonyl (C=O) groups excluding carboxylic acids is 1. The third kappa shape index (κ3) is 3.56. The molecule has 4 rings (SSSR count). The van der Waals surface area contributed by atoms with Crippen LogP contribution in [0, 0.1) is 23.6 Å². The molecule has 1 saturated heterocycles. The van der Waals surface area contributed by atoms with Gasteiger partial charge in [-0.15, -0.1) is 12.4 Å². The van der Waals surface area contributed by atoms with Gasteiger partial charge in [0.25, 0.3) is 0 Å². The van der Waals surface area contributed by atoms with Crippen LogP contribution in [-0.2, 0) is 4.79 Å². The molecule has 1 aromatic carbocycles. The van der Waals surface area contributed by atoms with Gasteiger partial charge >= 0.3 is 0 Å². The van der Waals surface area contributed by atoms with Crippen molar-refractivity contribution in [3.8, 4) is 0 Å². The molecule has 2 N–H and O–H groups in total. The van der Waals surface area contributed by atoms with E-state index in [0.29, 0.717) is 17.9 Å². The maximum absolute atomic E-state index is 13.6. The highest BCUT2D eigenvalue weighted by molar-refractivity contribution is 5.85. The van der Waals surface area contributed by atoms with Gasteiger partial charge in [0.15, 0.2) is 0 Å². The van der Waals surface area contributed by atoms with Gasteiger partial charge in [-0.05, 0) is 68.1 Å². The molecule has 1 aliphatic heterocycles.